The molecule has 2 aromatic heterocycles. The van der Waals surface area contributed by atoms with Gasteiger partial charge in [0.2, 0.25) is 5.91 Å². The highest BCUT2D eigenvalue weighted by atomic mass is 32.1. The average molecular weight is 597 g/mol. The zero-order valence-corrected chi connectivity index (χ0v) is 25.7. The lowest BCUT2D eigenvalue weighted by Gasteiger charge is -2.37. The second-order valence-electron chi connectivity index (χ2n) is 11.6. The van der Waals surface area contributed by atoms with E-state index in [1.165, 1.54) is 27.3 Å². The van der Waals surface area contributed by atoms with Crippen LogP contribution in [0.15, 0.2) is 59.5 Å². The van der Waals surface area contributed by atoms with Gasteiger partial charge in [-0.2, -0.15) is 0 Å². The second-order valence-corrected chi connectivity index (χ2v) is 12.7. The van der Waals surface area contributed by atoms with Crippen LogP contribution in [-0.2, 0) is 18.3 Å². The van der Waals surface area contributed by atoms with Crippen LogP contribution in [-0.4, -0.2) is 58.4 Å². The number of nitrogens with zero attached hydrogens (tertiary/aromatic N) is 4. The molecular formula is C33H36N6O3S. The van der Waals surface area contributed by atoms with Crippen molar-refractivity contribution in [1.82, 2.24) is 19.4 Å². The molecule has 6 rings (SSSR count). The van der Waals surface area contributed by atoms with E-state index in [1.54, 1.807) is 22.7 Å². The lowest BCUT2D eigenvalue weighted by Crippen LogP contribution is -2.48. The Morgan fingerprint density at radius 2 is 1.81 bits per heavy atom. The fourth-order valence-electron chi connectivity index (χ4n) is 6.35. The molecule has 1 saturated heterocycles. The first-order valence-electron chi connectivity index (χ1n) is 14.5. The lowest BCUT2D eigenvalue weighted by atomic mass is 9.80. The van der Waals surface area contributed by atoms with Crippen molar-refractivity contribution in [3.8, 4) is 11.3 Å². The molecule has 10 heteroatoms. The maximum absolute atomic E-state index is 13.1. The minimum atomic E-state index is -0.380. The largest absolute Gasteiger partial charge is 0.365 e. The van der Waals surface area contributed by atoms with Gasteiger partial charge in [-0.15, -0.1) is 11.3 Å². The van der Waals surface area contributed by atoms with Gasteiger partial charge in [0.1, 0.15) is 6.04 Å². The fourth-order valence-corrected chi connectivity index (χ4v) is 7.47. The predicted octanol–water partition coefficient (Wildman–Crippen LogP) is 4.57. The van der Waals surface area contributed by atoms with Crippen molar-refractivity contribution in [3.05, 3.63) is 97.1 Å². The van der Waals surface area contributed by atoms with E-state index < -0.39 is 0 Å². The van der Waals surface area contributed by atoms with Crippen LogP contribution in [0, 0.1) is 6.92 Å². The van der Waals surface area contributed by atoms with E-state index in [0.717, 1.165) is 42.5 Å². The van der Waals surface area contributed by atoms with E-state index in [2.05, 4.69) is 23.2 Å². The molecule has 0 bridgehead atoms. The van der Waals surface area contributed by atoms with Crippen LogP contribution in [0.1, 0.15) is 61.6 Å². The number of hydrogen-bond donors (Lipinski definition) is 2. The van der Waals surface area contributed by atoms with Gasteiger partial charge in [-0.25, -0.2) is 4.98 Å². The van der Waals surface area contributed by atoms with Crippen molar-refractivity contribution >= 4 is 34.7 Å². The molecule has 43 heavy (non-hydrogen) atoms. The molecule has 1 aliphatic carbocycles. The summed E-state index contributed by atoms with van der Waals surface area (Å²) in [7, 11) is 5.52. The zero-order valence-electron chi connectivity index (χ0n) is 24.9. The molecule has 2 aliphatic rings. The highest BCUT2D eigenvalue weighted by molar-refractivity contribution is 7.14. The first-order valence-corrected chi connectivity index (χ1v) is 15.4. The summed E-state index contributed by atoms with van der Waals surface area (Å²) in [4.78, 5) is 48.3. The molecule has 4 aromatic rings. The number of piperazine rings is 1. The number of primary amides is 1. The quantitative estimate of drug-likeness (QED) is 0.337. The van der Waals surface area contributed by atoms with Crippen LogP contribution < -0.4 is 16.6 Å². The molecule has 1 aliphatic heterocycles. The SMILES string of the molecule is Cc1c(-c2cn(C)c(=O)c(Nc3ccc(C4C(=O)N(C)CCN4C)cc3)n2)cccc1[C@H]1CCCc2sc(C(N)=O)cc21. The van der Waals surface area contributed by atoms with Gasteiger partial charge in [-0.1, -0.05) is 30.3 Å². The summed E-state index contributed by atoms with van der Waals surface area (Å²) in [5.41, 5.74) is 12.1. The third-order valence-corrected chi connectivity index (χ3v) is 10.0. The average Bonchev–Trinajstić information content (AvgIpc) is 3.44. The monoisotopic (exact) mass is 596 g/mol. The van der Waals surface area contributed by atoms with Crippen molar-refractivity contribution in [2.24, 2.45) is 12.8 Å². The number of thiophene rings is 1. The summed E-state index contributed by atoms with van der Waals surface area (Å²) in [6.45, 7) is 3.62. The maximum Gasteiger partial charge on any atom is 0.293 e. The van der Waals surface area contributed by atoms with Gasteiger partial charge in [-0.3, -0.25) is 19.3 Å². The summed E-state index contributed by atoms with van der Waals surface area (Å²) < 4.78 is 1.55. The smallest absolute Gasteiger partial charge is 0.293 e. The maximum atomic E-state index is 13.1. The Labute approximate surface area is 255 Å². The van der Waals surface area contributed by atoms with Crippen LogP contribution in [0.2, 0.25) is 0 Å². The Balaban J connectivity index is 1.30. The molecule has 3 heterocycles. The number of likely N-dealkylation sites (N-methyl/N-ethyl adjacent to an activating group) is 2. The second kappa shape index (κ2) is 11.4. The number of anilines is 2. The van der Waals surface area contributed by atoms with Gasteiger partial charge in [0.25, 0.3) is 11.5 Å². The summed E-state index contributed by atoms with van der Waals surface area (Å²) >= 11 is 1.51. The number of nitrogens with two attached hydrogens (primary N) is 1. The Bertz CT molecular complexity index is 1780. The highest BCUT2D eigenvalue weighted by Gasteiger charge is 2.32. The van der Waals surface area contributed by atoms with Gasteiger partial charge < -0.3 is 20.5 Å². The third kappa shape index (κ3) is 5.36. The van der Waals surface area contributed by atoms with Crippen LogP contribution in [0.25, 0.3) is 11.3 Å². The lowest BCUT2D eigenvalue weighted by molar-refractivity contribution is -0.139. The van der Waals surface area contributed by atoms with Crippen molar-refractivity contribution < 1.29 is 9.59 Å². The molecule has 3 N–H and O–H groups in total. The van der Waals surface area contributed by atoms with Crippen LogP contribution >= 0.6 is 11.3 Å². The molecule has 1 fully saturated rings. The Kier molecular flexibility index (Phi) is 7.66. The topological polar surface area (TPSA) is 114 Å². The molecule has 1 unspecified atom stereocenters. The Morgan fingerprint density at radius 3 is 2.56 bits per heavy atom. The van der Waals surface area contributed by atoms with Gasteiger partial charge >= 0.3 is 0 Å². The number of carbonyl (C=O) groups is 2. The number of amides is 2. The number of benzene rings is 2. The highest BCUT2D eigenvalue weighted by Crippen LogP contribution is 2.43. The van der Waals surface area contributed by atoms with E-state index >= 15 is 0 Å². The molecule has 9 nitrogen and oxygen atoms in total. The summed E-state index contributed by atoms with van der Waals surface area (Å²) in [6.07, 6.45) is 4.78. The first-order chi connectivity index (χ1) is 20.6. The predicted molar refractivity (Wildman–Crippen MR) is 170 cm³/mol. The summed E-state index contributed by atoms with van der Waals surface area (Å²) in [5, 5.41) is 3.21. The van der Waals surface area contributed by atoms with Crippen LogP contribution in [0.5, 0.6) is 0 Å². The van der Waals surface area contributed by atoms with E-state index in [0.29, 0.717) is 22.8 Å². The number of aromatic nitrogens is 2. The minimum Gasteiger partial charge on any atom is -0.365 e. The standard InChI is InChI=1S/C33H36N6O3S/c1-19-22(24-9-6-10-27-25(24)17-28(43-27)30(34)40)7-5-8-23(19)26-18-39(4)33(42)31(36-26)35-21-13-11-20(12-14-21)29-32(41)38(3)16-15-37(29)2/h5,7-8,11-14,17-18,24,29H,6,9-10,15-16H2,1-4H3,(H2,34,40)(H,35,36)/t24-,29?/m1/s1. The first kappa shape index (κ1) is 28.8. The van der Waals surface area contributed by atoms with E-state index in [1.807, 2.05) is 56.6 Å². The number of fused-ring (bicyclic) bond motifs is 1. The molecule has 0 radical (unpaired) electrons. The number of hydrogen-bond acceptors (Lipinski definition) is 7. The van der Waals surface area contributed by atoms with Crippen molar-refractivity contribution in [2.45, 2.75) is 38.1 Å². The third-order valence-electron chi connectivity index (χ3n) is 8.78. The summed E-state index contributed by atoms with van der Waals surface area (Å²) in [5.74, 6) is 0.0979. The van der Waals surface area contributed by atoms with Gasteiger partial charge in [-0.05, 0) is 73.7 Å². The van der Waals surface area contributed by atoms with Gasteiger partial charge in [0.05, 0.1) is 10.6 Å². The molecule has 0 spiro atoms. The van der Waals surface area contributed by atoms with E-state index in [4.69, 9.17) is 10.7 Å². The molecule has 222 valence electrons. The number of carbonyl (C=O) groups excluding carboxylic acids is 2. The fraction of sp³-hybridized carbons (Fsp3) is 0.333. The molecule has 0 saturated carbocycles. The van der Waals surface area contributed by atoms with Gasteiger partial charge in [0.15, 0.2) is 5.82 Å². The Hall–Kier alpha value is -4.28. The van der Waals surface area contributed by atoms with Crippen molar-refractivity contribution in [1.29, 1.82) is 0 Å². The zero-order chi connectivity index (χ0) is 30.4. The normalized spacial score (nSPS) is 18.9. The molecule has 2 aromatic carbocycles. The number of rotatable bonds is 6. The van der Waals surface area contributed by atoms with Crippen molar-refractivity contribution in [3.63, 3.8) is 0 Å². The Morgan fingerprint density at radius 1 is 1.05 bits per heavy atom. The number of nitrogens with one attached hydrogen (secondary N) is 1. The molecule has 2 atom stereocenters. The van der Waals surface area contributed by atoms with Crippen LogP contribution in [0.3, 0.4) is 0 Å². The molecule has 2 amide bonds. The van der Waals surface area contributed by atoms with E-state index in [9.17, 15) is 14.4 Å². The van der Waals surface area contributed by atoms with Crippen LogP contribution in [0.4, 0.5) is 11.5 Å². The summed E-state index contributed by atoms with van der Waals surface area (Å²) in [6, 6.07) is 15.5. The van der Waals surface area contributed by atoms with E-state index in [-0.39, 0.29) is 35.2 Å². The van der Waals surface area contributed by atoms with Crippen molar-refractivity contribution in [2.75, 3.05) is 32.5 Å². The van der Waals surface area contributed by atoms with Gasteiger partial charge in [0, 0.05) is 55.4 Å². The number of aryl methyl sites for hydroxylation is 2. The minimum absolute atomic E-state index is 0.0760. The molecular weight excluding hydrogens is 560 g/mol.